The Balaban J connectivity index is 1.14. The summed E-state index contributed by atoms with van der Waals surface area (Å²) in [5, 5.41) is 43.9. The number of hydrogen-bond acceptors (Lipinski definition) is 10. The summed E-state index contributed by atoms with van der Waals surface area (Å²) >= 11 is 0. The highest BCUT2D eigenvalue weighted by molar-refractivity contribution is 5.89. The van der Waals surface area contributed by atoms with Crippen molar-refractivity contribution in [2.24, 2.45) is 0 Å². The number of aromatic hydroxyl groups is 2. The second-order valence-corrected chi connectivity index (χ2v) is 13.0. The van der Waals surface area contributed by atoms with Gasteiger partial charge in [0.25, 0.3) is 0 Å². The molecule has 9 aromatic rings. The molecule has 0 fully saturated rings. The summed E-state index contributed by atoms with van der Waals surface area (Å²) in [6.07, 6.45) is 0. The quantitative estimate of drug-likeness (QED) is 0.169. The molecule has 0 saturated carbocycles. The van der Waals surface area contributed by atoms with E-state index in [1.165, 1.54) is 0 Å². The topological polar surface area (TPSA) is 165 Å². The van der Waals surface area contributed by atoms with Crippen molar-refractivity contribution in [1.82, 2.24) is 29.9 Å². The van der Waals surface area contributed by atoms with Crippen molar-refractivity contribution in [3.63, 3.8) is 0 Å². The molecule has 56 heavy (non-hydrogen) atoms. The van der Waals surface area contributed by atoms with E-state index >= 15 is 0 Å². The molecular formula is C46H26N8O2. The van der Waals surface area contributed by atoms with Crippen LogP contribution in [0.3, 0.4) is 0 Å². The molecule has 0 atom stereocenters. The Morgan fingerprint density at radius 3 is 1.05 bits per heavy atom. The lowest BCUT2D eigenvalue weighted by atomic mass is 10.0. The number of para-hydroxylation sites is 2. The molecule has 7 aromatic carbocycles. The molecule has 10 nitrogen and oxygen atoms in total. The van der Waals surface area contributed by atoms with Crippen molar-refractivity contribution >= 4 is 21.5 Å². The van der Waals surface area contributed by atoms with Gasteiger partial charge in [-0.15, -0.1) is 0 Å². The van der Waals surface area contributed by atoms with Crippen LogP contribution >= 0.6 is 0 Å². The van der Waals surface area contributed by atoms with E-state index in [1.807, 2.05) is 97.1 Å². The third-order valence-electron chi connectivity index (χ3n) is 9.42. The number of phenols is 2. The van der Waals surface area contributed by atoms with Crippen LogP contribution in [0, 0.1) is 22.7 Å². The van der Waals surface area contributed by atoms with Gasteiger partial charge in [0.15, 0.2) is 34.9 Å². The van der Waals surface area contributed by atoms with Crippen LogP contribution < -0.4 is 0 Å². The molecule has 2 aromatic heterocycles. The number of nitrogens with zero attached hydrogens (tertiary/aromatic N) is 8. The predicted molar refractivity (Wildman–Crippen MR) is 214 cm³/mol. The normalized spacial score (nSPS) is 11.0. The number of phenolic OH excluding ortho intramolecular Hbond substituents is 2. The zero-order valence-electron chi connectivity index (χ0n) is 29.3. The first kappa shape index (κ1) is 33.5. The van der Waals surface area contributed by atoms with Gasteiger partial charge in [0.1, 0.15) is 11.5 Å². The van der Waals surface area contributed by atoms with Gasteiger partial charge in [0, 0.05) is 22.3 Å². The highest BCUT2D eigenvalue weighted by atomic mass is 16.3. The molecule has 0 bridgehead atoms. The zero-order chi connectivity index (χ0) is 38.2. The number of rotatable bonds is 6. The molecule has 0 aliphatic rings. The lowest BCUT2D eigenvalue weighted by Gasteiger charge is -2.11. The SMILES string of the molecule is N#Cc1ccc2cc(-c3nc(-c4ccc(-c5nc(-c6ccc7cc(C#N)ccc7c6)nc(-c6ccccc6O)n5)cc4)nc(-c4ccccc4O)n3)ccc2c1. The summed E-state index contributed by atoms with van der Waals surface area (Å²) in [6, 6.07) is 48.2. The van der Waals surface area contributed by atoms with Crippen LogP contribution in [-0.4, -0.2) is 40.1 Å². The van der Waals surface area contributed by atoms with E-state index in [0.717, 1.165) is 32.7 Å². The largest absolute Gasteiger partial charge is 0.507 e. The fraction of sp³-hybridized carbons (Fsp3) is 0. The van der Waals surface area contributed by atoms with E-state index in [-0.39, 0.29) is 11.5 Å². The highest BCUT2D eigenvalue weighted by Gasteiger charge is 2.18. The summed E-state index contributed by atoms with van der Waals surface area (Å²) in [5.74, 6) is 2.30. The van der Waals surface area contributed by atoms with Crippen molar-refractivity contribution in [3.8, 4) is 92.0 Å². The molecular weight excluding hydrogens is 697 g/mol. The molecule has 0 aliphatic carbocycles. The third-order valence-corrected chi connectivity index (χ3v) is 9.42. The average molecular weight is 723 g/mol. The molecule has 0 radical (unpaired) electrons. The fourth-order valence-electron chi connectivity index (χ4n) is 6.51. The second kappa shape index (κ2) is 13.9. The fourth-order valence-corrected chi connectivity index (χ4v) is 6.51. The summed E-state index contributed by atoms with van der Waals surface area (Å²) in [6.45, 7) is 0. The summed E-state index contributed by atoms with van der Waals surface area (Å²) in [7, 11) is 0. The van der Waals surface area contributed by atoms with Gasteiger partial charge in [-0.3, -0.25) is 0 Å². The van der Waals surface area contributed by atoms with E-state index in [1.54, 1.807) is 48.5 Å². The molecule has 9 rings (SSSR count). The Hall–Kier alpha value is -8.34. The maximum atomic E-state index is 10.8. The van der Waals surface area contributed by atoms with Gasteiger partial charge in [-0.05, 0) is 82.2 Å². The number of fused-ring (bicyclic) bond motifs is 2. The van der Waals surface area contributed by atoms with Crippen molar-refractivity contribution in [1.29, 1.82) is 10.5 Å². The lowest BCUT2D eigenvalue weighted by Crippen LogP contribution is -2.01. The van der Waals surface area contributed by atoms with Gasteiger partial charge in [0.05, 0.1) is 34.4 Å². The molecule has 10 heteroatoms. The van der Waals surface area contributed by atoms with Crippen LogP contribution in [0.2, 0.25) is 0 Å². The Morgan fingerprint density at radius 1 is 0.339 bits per heavy atom. The van der Waals surface area contributed by atoms with E-state index in [0.29, 0.717) is 68.3 Å². The first-order valence-electron chi connectivity index (χ1n) is 17.5. The highest BCUT2D eigenvalue weighted by Crippen LogP contribution is 2.34. The minimum absolute atomic E-state index is 0.0396. The molecule has 0 unspecified atom stereocenters. The molecule has 0 saturated heterocycles. The van der Waals surface area contributed by atoms with E-state index in [2.05, 4.69) is 12.1 Å². The van der Waals surface area contributed by atoms with Gasteiger partial charge >= 0.3 is 0 Å². The van der Waals surface area contributed by atoms with Crippen molar-refractivity contribution in [2.45, 2.75) is 0 Å². The van der Waals surface area contributed by atoms with Crippen LogP contribution in [0.1, 0.15) is 11.1 Å². The number of benzene rings is 7. The second-order valence-electron chi connectivity index (χ2n) is 13.0. The summed E-state index contributed by atoms with van der Waals surface area (Å²) in [5.41, 5.74) is 4.94. The van der Waals surface area contributed by atoms with E-state index in [4.69, 9.17) is 29.9 Å². The Labute approximate surface area is 320 Å². The standard InChI is InChI=1S/C46H26N8O2/c47-25-27-9-11-33-23-35(19-17-31(33)21-27)43-49-41(51-45(53-43)37-5-1-3-7-39(37)55)29-13-15-30(16-14-29)42-50-44(54-46(52-42)38-6-2-4-8-40(38)56)36-20-18-32-22-28(26-48)10-12-34(32)24-36/h1-24,55-56H. The Bertz CT molecular complexity index is 2890. The first-order valence-corrected chi connectivity index (χ1v) is 17.5. The number of hydrogen-bond donors (Lipinski definition) is 2. The summed E-state index contributed by atoms with van der Waals surface area (Å²) < 4.78 is 0. The zero-order valence-corrected chi connectivity index (χ0v) is 29.3. The van der Waals surface area contributed by atoms with E-state index < -0.39 is 0 Å². The van der Waals surface area contributed by atoms with Crippen LogP contribution in [-0.2, 0) is 0 Å². The van der Waals surface area contributed by atoms with Crippen molar-refractivity contribution < 1.29 is 10.2 Å². The molecule has 0 amide bonds. The first-order chi connectivity index (χ1) is 27.4. The molecule has 2 heterocycles. The number of aromatic nitrogens is 6. The van der Waals surface area contributed by atoms with Crippen molar-refractivity contribution in [2.75, 3.05) is 0 Å². The average Bonchev–Trinajstić information content (AvgIpc) is 3.25. The van der Waals surface area contributed by atoms with Gasteiger partial charge < -0.3 is 10.2 Å². The van der Waals surface area contributed by atoms with Crippen LogP contribution in [0.15, 0.2) is 146 Å². The lowest BCUT2D eigenvalue weighted by molar-refractivity contribution is 0.476. The van der Waals surface area contributed by atoms with Crippen LogP contribution in [0.4, 0.5) is 0 Å². The van der Waals surface area contributed by atoms with Gasteiger partial charge in [-0.2, -0.15) is 10.5 Å². The third kappa shape index (κ3) is 6.36. The smallest absolute Gasteiger partial charge is 0.167 e. The van der Waals surface area contributed by atoms with Gasteiger partial charge in [0.2, 0.25) is 0 Å². The summed E-state index contributed by atoms with van der Waals surface area (Å²) in [4.78, 5) is 28.9. The van der Waals surface area contributed by atoms with Gasteiger partial charge in [-0.25, -0.2) is 29.9 Å². The minimum atomic E-state index is 0.0396. The Morgan fingerprint density at radius 2 is 0.661 bits per heavy atom. The Kier molecular flexibility index (Phi) is 8.31. The van der Waals surface area contributed by atoms with Gasteiger partial charge in [-0.1, -0.05) is 84.9 Å². The maximum absolute atomic E-state index is 10.8. The minimum Gasteiger partial charge on any atom is -0.507 e. The monoisotopic (exact) mass is 722 g/mol. The molecule has 262 valence electrons. The van der Waals surface area contributed by atoms with Crippen LogP contribution in [0.5, 0.6) is 11.5 Å². The molecule has 0 aliphatic heterocycles. The number of nitriles is 2. The molecule has 2 N–H and O–H groups in total. The van der Waals surface area contributed by atoms with E-state index in [9.17, 15) is 20.7 Å². The van der Waals surface area contributed by atoms with Crippen LogP contribution in [0.25, 0.3) is 89.9 Å². The molecule has 0 spiro atoms. The predicted octanol–water partition coefficient (Wildman–Crippen LogP) is 9.52. The maximum Gasteiger partial charge on any atom is 0.167 e. The van der Waals surface area contributed by atoms with Crippen molar-refractivity contribution in [3.05, 3.63) is 157 Å².